The van der Waals surface area contributed by atoms with Crippen LogP contribution < -0.4 is 5.73 Å². The summed E-state index contributed by atoms with van der Waals surface area (Å²) in [6, 6.07) is 8.10. The number of hydrogen-bond donors (Lipinski definition) is 1. The van der Waals surface area contributed by atoms with Gasteiger partial charge in [0.05, 0.1) is 18.1 Å². The van der Waals surface area contributed by atoms with E-state index in [2.05, 4.69) is 22.5 Å². The maximum Gasteiger partial charge on any atom is 0.325 e. The van der Waals surface area contributed by atoms with E-state index in [0.717, 1.165) is 36.2 Å². The lowest BCUT2D eigenvalue weighted by Crippen LogP contribution is -2.45. The van der Waals surface area contributed by atoms with Crippen LogP contribution in [0.2, 0.25) is 0 Å². The highest BCUT2D eigenvalue weighted by Crippen LogP contribution is 2.19. The molecule has 21 heavy (non-hydrogen) atoms. The lowest BCUT2D eigenvalue weighted by Gasteiger charge is -2.21. The molecule has 0 aliphatic carbocycles. The van der Waals surface area contributed by atoms with E-state index >= 15 is 0 Å². The van der Waals surface area contributed by atoms with E-state index in [9.17, 15) is 4.79 Å². The Hall–Kier alpha value is -1.88. The summed E-state index contributed by atoms with van der Waals surface area (Å²) in [6.07, 6.45) is 2.26. The fourth-order valence-corrected chi connectivity index (χ4v) is 2.58. The second-order valence-corrected chi connectivity index (χ2v) is 5.53. The predicted octanol–water partition coefficient (Wildman–Crippen LogP) is 2.27. The third-order valence-electron chi connectivity index (χ3n) is 3.78. The van der Waals surface area contributed by atoms with E-state index in [0.29, 0.717) is 6.42 Å². The van der Waals surface area contributed by atoms with Crippen LogP contribution in [0.15, 0.2) is 24.3 Å². The van der Waals surface area contributed by atoms with Gasteiger partial charge in [-0.25, -0.2) is 4.98 Å². The van der Waals surface area contributed by atoms with E-state index in [1.165, 1.54) is 7.11 Å². The summed E-state index contributed by atoms with van der Waals surface area (Å²) in [7, 11) is 1.37. The number of hydrogen-bond acceptors (Lipinski definition) is 4. The van der Waals surface area contributed by atoms with Crippen molar-refractivity contribution in [1.29, 1.82) is 0 Å². The number of nitrogens with zero attached hydrogens (tertiary/aromatic N) is 2. The maximum absolute atomic E-state index is 11.6. The Morgan fingerprint density at radius 2 is 2.14 bits per heavy atom. The summed E-state index contributed by atoms with van der Waals surface area (Å²) in [4.78, 5) is 16.2. The van der Waals surface area contributed by atoms with Crippen LogP contribution in [0, 0.1) is 0 Å². The molecular formula is C16H23N3O2. The average molecular weight is 289 g/mol. The Morgan fingerprint density at radius 1 is 1.43 bits per heavy atom. The second kappa shape index (κ2) is 6.26. The van der Waals surface area contributed by atoms with Crippen molar-refractivity contribution in [2.24, 2.45) is 5.73 Å². The first-order chi connectivity index (χ1) is 9.99. The summed E-state index contributed by atoms with van der Waals surface area (Å²) in [6.45, 7) is 4.61. The standard InChI is InChI=1S/C16H23N3O2/c1-4-14-18-12-8-5-6-9-13(12)19(14)11-7-10-16(2,17)15(20)21-3/h5-6,8-9H,4,7,10-11,17H2,1-3H3. The van der Waals surface area contributed by atoms with Crippen molar-refractivity contribution in [3.63, 3.8) is 0 Å². The van der Waals surface area contributed by atoms with Crippen LogP contribution in [-0.2, 0) is 22.5 Å². The van der Waals surface area contributed by atoms with E-state index in [1.54, 1.807) is 6.92 Å². The first-order valence-corrected chi connectivity index (χ1v) is 7.31. The van der Waals surface area contributed by atoms with Gasteiger partial charge in [0, 0.05) is 13.0 Å². The van der Waals surface area contributed by atoms with Gasteiger partial charge in [-0.2, -0.15) is 0 Å². The van der Waals surface area contributed by atoms with Crippen LogP contribution in [0.5, 0.6) is 0 Å². The SMILES string of the molecule is CCc1nc2ccccc2n1CCCC(C)(N)C(=O)OC. The number of carbonyl (C=O) groups excluding carboxylic acids is 1. The number of para-hydroxylation sites is 2. The fraction of sp³-hybridized carbons (Fsp3) is 0.500. The number of fused-ring (bicyclic) bond motifs is 1. The monoisotopic (exact) mass is 289 g/mol. The highest BCUT2D eigenvalue weighted by atomic mass is 16.5. The van der Waals surface area contributed by atoms with Crippen LogP contribution in [0.25, 0.3) is 11.0 Å². The Morgan fingerprint density at radius 3 is 2.81 bits per heavy atom. The van der Waals surface area contributed by atoms with Gasteiger partial charge in [0.25, 0.3) is 0 Å². The zero-order valence-electron chi connectivity index (χ0n) is 12.9. The molecule has 0 bridgehead atoms. The van der Waals surface area contributed by atoms with Crippen molar-refractivity contribution in [2.45, 2.75) is 45.2 Å². The quantitative estimate of drug-likeness (QED) is 0.828. The number of carbonyl (C=O) groups is 1. The van der Waals surface area contributed by atoms with Gasteiger partial charge in [0.1, 0.15) is 11.4 Å². The molecule has 0 amide bonds. The van der Waals surface area contributed by atoms with Crippen LogP contribution >= 0.6 is 0 Å². The van der Waals surface area contributed by atoms with Crippen LogP contribution in [0.1, 0.15) is 32.5 Å². The Kier molecular flexibility index (Phi) is 4.63. The number of esters is 1. The van der Waals surface area contributed by atoms with Crippen LogP contribution in [0.4, 0.5) is 0 Å². The van der Waals surface area contributed by atoms with Gasteiger partial charge in [-0.05, 0) is 31.9 Å². The van der Waals surface area contributed by atoms with Crippen molar-refractivity contribution < 1.29 is 9.53 Å². The number of aryl methyl sites for hydroxylation is 2. The van der Waals surface area contributed by atoms with Gasteiger partial charge in [0.15, 0.2) is 0 Å². The largest absolute Gasteiger partial charge is 0.468 e. The summed E-state index contributed by atoms with van der Waals surface area (Å²) in [5.41, 5.74) is 7.20. The zero-order valence-corrected chi connectivity index (χ0v) is 12.9. The van der Waals surface area contributed by atoms with Gasteiger partial charge in [-0.3, -0.25) is 4.79 Å². The third kappa shape index (κ3) is 3.24. The summed E-state index contributed by atoms with van der Waals surface area (Å²) < 4.78 is 6.95. The van der Waals surface area contributed by atoms with Crippen molar-refractivity contribution in [2.75, 3.05) is 7.11 Å². The minimum absolute atomic E-state index is 0.367. The minimum atomic E-state index is -0.933. The van der Waals surface area contributed by atoms with E-state index in [1.807, 2.05) is 18.2 Å². The molecular weight excluding hydrogens is 266 g/mol. The van der Waals surface area contributed by atoms with Crippen molar-refractivity contribution >= 4 is 17.0 Å². The molecule has 1 unspecified atom stereocenters. The molecule has 1 aromatic carbocycles. The molecule has 1 aromatic heterocycles. The highest BCUT2D eigenvalue weighted by Gasteiger charge is 2.28. The van der Waals surface area contributed by atoms with E-state index in [4.69, 9.17) is 10.5 Å². The predicted molar refractivity (Wildman–Crippen MR) is 83.0 cm³/mol. The first-order valence-electron chi connectivity index (χ1n) is 7.31. The van der Waals surface area contributed by atoms with Gasteiger partial charge in [-0.1, -0.05) is 19.1 Å². The highest BCUT2D eigenvalue weighted by molar-refractivity contribution is 5.79. The molecule has 0 aliphatic heterocycles. The summed E-state index contributed by atoms with van der Waals surface area (Å²) in [5, 5.41) is 0. The van der Waals surface area contributed by atoms with E-state index in [-0.39, 0.29) is 5.97 Å². The average Bonchev–Trinajstić information content (AvgIpc) is 2.84. The second-order valence-electron chi connectivity index (χ2n) is 5.53. The first kappa shape index (κ1) is 15.5. The summed E-state index contributed by atoms with van der Waals surface area (Å²) >= 11 is 0. The normalized spacial score (nSPS) is 14.1. The lowest BCUT2D eigenvalue weighted by atomic mass is 9.97. The topological polar surface area (TPSA) is 70.1 Å². The van der Waals surface area contributed by atoms with Gasteiger partial charge in [0.2, 0.25) is 0 Å². The number of methoxy groups -OCH3 is 1. The fourth-order valence-electron chi connectivity index (χ4n) is 2.58. The molecule has 2 N–H and O–H groups in total. The Balaban J connectivity index is 2.12. The van der Waals surface area contributed by atoms with Gasteiger partial charge >= 0.3 is 5.97 Å². The molecule has 0 radical (unpaired) electrons. The minimum Gasteiger partial charge on any atom is -0.468 e. The molecule has 1 heterocycles. The number of imidazole rings is 1. The molecule has 2 rings (SSSR count). The number of rotatable bonds is 6. The molecule has 1 atom stereocenters. The molecule has 2 aromatic rings. The van der Waals surface area contributed by atoms with Crippen LogP contribution in [-0.4, -0.2) is 28.2 Å². The molecule has 0 saturated carbocycles. The number of nitrogens with two attached hydrogens (primary N) is 1. The molecule has 0 aliphatic rings. The molecule has 0 saturated heterocycles. The van der Waals surface area contributed by atoms with Crippen molar-refractivity contribution in [1.82, 2.24) is 9.55 Å². The third-order valence-corrected chi connectivity index (χ3v) is 3.78. The van der Waals surface area contributed by atoms with Gasteiger partial charge in [-0.15, -0.1) is 0 Å². The molecule has 114 valence electrons. The Labute approximate surface area is 125 Å². The number of aromatic nitrogens is 2. The number of ether oxygens (including phenoxy) is 1. The smallest absolute Gasteiger partial charge is 0.325 e. The summed E-state index contributed by atoms with van der Waals surface area (Å²) in [5.74, 6) is 0.696. The Bertz CT molecular complexity index is 631. The molecule has 0 fully saturated rings. The van der Waals surface area contributed by atoms with Crippen LogP contribution in [0.3, 0.4) is 0 Å². The number of benzene rings is 1. The van der Waals surface area contributed by atoms with E-state index < -0.39 is 5.54 Å². The zero-order chi connectivity index (χ0) is 15.5. The van der Waals surface area contributed by atoms with Crippen molar-refractivity contribution in [3.05, 3.63) is 30.1 Å². The molecule has 0 spiro atoms. The van der Waals surface area contributed by atoms with Gasteiger partial charge < -0.3 is 15.0 Å². The maximum atomic E-state index is 11.6. The lowest BCUT2D eigenvalue weighted by molar-refractivity contribution is -0.146. The molecule has 5 nitrogen and oxygen atoms in total. The molecule has 5 heteroatoms. The van der Waals surface area contributed by atoms with Crippen molar-refractivity contribution in [3.8, 4) is 0 Å².